The maximum absolute atomic E-state index is 13.5. The van der Waals surface area contributed by atoms with Gasteiger partial charge in [0, 0.05) is 43.3 Å². The molecule has 0 spiro atoms. The van der Waals surface area contributed by atoms with Crippen LogP contribution < -0.4 is 5.32 Å². The Kier molecular flexibility index (Phi) is 8.13. The van der Waals surface area contributed by atoms with E-state index in [1.807, 2.05) is 30.8 Å². The van der Waals surface area contributed by atoms with Crippen LogP contribution in [0, 0.1) is 6.92 Å². The molecule has 1 aromatic heterocycles. The first-order valence-electron chi connectivity index (χ1n) is 10.4. The van der Waals surface area contributed by atoms with Gasteiger partial charge in [0.25, 0.3) is 0 Å². The van der Waals surface area contributed by atoms with Gasteiger partial charge in [-0.2, -0.15) is 13.2 Å². The van der Waals surface area contributed by atoms with Crippen molar-refractivity contribution in [2.24, 2.45) is 0 Å². The molecule has 0 bridgehead atoms. The number of thioether (sulfide) groups is 1. The molecule has 1 aromatic carbocycles. The maximum atomic E-state index is 13.5. The summed E-state index contributed by atoms with van der Waals surface area (Å²) in [6.45, 7) is 3.56. The number of likely N-dealkylation sites (tertiary alicyclic amines) is 1. The van der Waals surface area contributed by atoms with Gasteiger partial charge in [0.2, 0.25) is 5.91 Å². The average molecular weight is 468 g/mol. The first-order chi connectivity index (χ1) is 15.1. The number of carbonyl (C=O) groups is 1. The van der Waals surface area contributed by atoms with Gasteiger partial charge in [-0.15, -0.1) is 0 Å². The van der Waals surface area contributed by atoms with E-state index in [9.17, 15) is 18.0 Å². The van der Waals surface area contributed by atoms with E-state index >= 15 is 0 Å². The molecule has 6 nitrogen and oxygen atoms in total. The molecule has 3 rings (SSSR count). The van der Waals surface area contributed by atoms with Gasteiger partial charge in [0.15, 0.2) is 5.16 Å². The highest BCUT2D eigenvalue weighted by molar-refractivity contribution is 7.99. The number of hydrogen-bond donors (Lipinski definition) is 1. The fraction of sp³-hybridized carbons (Fsp3) is 0.500. The first-order valence-corrected chi connectivity index (χ1v) is 11.3. The standard InChI is InChI=1S/C22H28F3N5OS/c1-15-8-9-27-21(28-15)32-17-12-19(20(31)26-10-11-29(2)3)30(14-17)13-16-6-4-5-7-18(16)22(23,24)25/h4-9,17,19H,10-14H2,1-3H3,(H,26,31)/t17-,19+/m1/s1. The highest BCUT2D eigenvalue weighted by Crippen LogP contribution is 2.36. The smallest absolute Gasteiger partial charge is 0.353 e. The van der Waals surface area contributed by atoms with E-state index < -0.39 is 17.8 Å². The molecular weight excluding hydrogens is 439 g/mol. The quantitative estimate of drug-likeness (QED) is 0.602. The lowest BCUT2D eigenvalue weighted by Crippen LogP contribution is -2.44. The van der Waals surface area contributed by atoms with Crippen molar-refractivity contribution in [1.29, 1.82) is 0 Å². The fourth-order valence-corrected chi connectivity index (χ4v) is 4.86. The van der Waals surface area contributed by atoms with Gasteiger partial charge in [-0.05, 0) is 45.1 Å². The zero-order valence-corrected chi connectivity index (χ0v) is 19.2. The Morgan fingerprint density at radius 3 is 2.72 bits per heavy atom. The highest BCUT2D eigenvalue weighted by atomic mass is 32.2. The van der Waals surface area contributed by atoms with E-state index in [1.165, 1.54) is 23.9 Å². The van der Waals surface area contributed by atoms with Gasteiger partial charge < -0.3 is 10.2 Å². The number of rotatable bonds is 8. The van der Waals surface area contributed by atoms with Crippen LogP contribution in [0.1, 0.15) is 23.2 Å². The number of alkyl halides is 3. The van der Waals surface area contributed by atoms with Crippen LogP contribution in [0.4, 0.5) is 13.2 Å². The van der Waals surface area contributed by atoms with Crippen LogP contribution in [0.25, 0.3) is 0 Å². The molecule has 1 aliphatic rings. The van der Waals surface area contributed by atoms with Crippen molar-refractivity contribution < 1.29 is 18.0 Å². The Hall–Kier alpha value is -2.17. The summed E-state index contributed by atoms with van der Waals surface area (Å²) in [5.74, 6) is -0.162. The number of halogens is 3. The summed E-state index contributed by atoms with van der Waals surface area (Å²) < 4.78 is 40.5. The Morgan fingerprint density at radius 1 is 1.28 bits per heavy atom. The van der Waals surface area contributed by atoms with Gasteiger partial charge in [-0.1, -0.05) is 30.0 Å². The van der Waals surface area contributed by atoms with Gasteiger partial charge in [0.1, 0.15) is 0 Å². The van der Waals surface area contributed by atoms with Crippen LogP contribution in [0.15, 0.2) is 41.7 Å². The van der Waals surface area contributed by atoms with E-state index in [1.54, 1.807) is 18.3 Å². The lowest BCUT2D eigenvalue weighted by Gasteiger charge is -2.25. The van der Waals surface area contributed by atoms with Crippen molar-refractivity contribution in [2.75, 3.05) is 33.7 Å². The van der Waals surface area contributed by atoms with Crippen molar-refractivity contribution in [1.82, 2.24) is 25.1 Å². The van der Waals surface area contributed by atoms with E-state index in [-0.39, 0.29) is 23.3 Å². The summed E-state index contributed by atoms with van der Waals surface area (Å²) in [6, 6.07) is 6.84. The maximum Gasteiger partial charge on any atom is 0.416 e. The molecule has 1 N–H and O–H groups in total. The Morgan fingerprint density at radius 2 is 2.03 bits per heavy atom. The molecule has 2 heterocycles. The number of nitrogens with one attached hydrogen (secondary N) is 1. The van der Waals surface area contributed by atoms with E-state index in [0.717, 1.165) is 11.8 Å². The molecular formula is C22H28F3N5OS. The molecule has 32 heavy (non-hydrogen) atoms. The number of hydrogen-bond acceptors (Lipinski definition) is 6. The number of aromatic nitrogens is 2. The second-order valence-electron chi connectivity index (χ2n) is 8.15. The molecule has 0 aliphatic carbocycles. The summed E-state index contributed by atoms with van der Waals surface area (Å²) in [5, 5.41) is 3.54. The van der Waals surface area contributed by atoms with Gasteiger partial charge >= 0.3 is 6.18 Å². The molecule has 1 fully saturated rings. The largest absolute Gasteiger partial charge is 0.416 e. The van der Waals surface area contributed by atoms with E-state index in [4.69, 9.17) is 0 Å². The van der Waals surface area contributed by atoms with Crippen LogP contribution in [0.5, 0.6) is 0 Å². The van der Waals surface area contributed by atoms with Gasteiger partial charge in [0.05, 0.1) is 11.6 Å². The number of nitrogens with zero attached hydrogens (tertiary/aromatic N) is 4. The minimum atomic E-state index is -4.44. The van der Waals surface area contributed by atoms with Crippen molar-refractivity contribution in [3.05, 3.63) is 53.3 Å². The number of aryl methyl sites for hydroxylation is 1. The molecule has 10 heteroatoms. The summed E-state index contributed by atoms with van der Waals surface area (Å²) in [6.07, 6.45) is -2.24. The fourth-order valence-electron chi connectivity index (χ4n) is 3.70. The predicted molar refractivity (Wildman–Crippen MR) is 118 cm³/mol. The molecule has 1 amide bonds. The monoisotopic (exact) mass is 467 g/mol. The lowest BCUT2D eigenvalue weighted by molar-refractivity contribution is -0.138. The summed E-state index contributed by atoms with van der Waals surface area (Å²) in [7, 11) is 3.83. The van der Waals surface area contributed by atoms with Gasteiger partial charge in [-0.25, -0.2) is 9.97 Å². The summed E-state index contributed by atoms with van der Waals surface area (Å²) >= 11 is 1.46. The van der Waals surface area contributed by atoms with Crippen molar-refractivity contribution in [3.63, 3.8) is 0 Å². The molecule has 2 atom stereocenters. The van der Waals surface area contributed by atoms with Crippen LogP contribution >= 0.6 is 11.8 Å². The Labute approximate surface area is 190 Å². The number of amides is 1. The third kappa shape index (κ3) is 6.66. The van der Waals surface area contributed by atoms with Crippen LogP contribution in [-0.4, -0.2) is 70.7 Å². The zero-order valence-electron chi connectivity index (χ0n) is 18.4. The Bertz CT molecular complexity index is 924. The second-order valence-corrected chi connectivity index (χ2v) is 9.42. The number of likely N-dealkylation sites (N-methyl/N-ethyl adjacent to an activating group) is 1. The number of benzene rings is 1. The van der Waals surface area contributed by atoms with Crippen molar-refractivity contribution in [2.45, 2.75) is 42.5 Å². The molecule has 0 radical (unpaired) electrons. The minimum Gasteiger partial charge on any atom is -0.353 e. The summed E-state index contributed by atoms with van der Waals surface area (Å²) in [5.41, 5.74) is 0.350. The third-order valence-electron chi connectivity index (χ3n) is 5.27. The Balaban J connectivity index is 1.78. The van der Waals surface area contributed by atoms with Crippen molar-refractivity contribution in [3.8, 4) is 0 Å². The topological polar surface area (TPSA) is 61.4 Å². The molecule has 0 unspecified atom stereocenters. The van der Waals surface area contributed by atoms with Crippen LogP contribution in [0.2, 0.25) is 0 Å². The SMILES string of the molecule is Cc1ccnc(S[C@@H]2C[C@@H](C(=O)NCCN(C)C)N(Cc3ccccc3C(F)(F)F)C2)n1. The van der Waals surface area contributed by atoms with E-state index in [0.29, 0.717) is 31.2 Å². The van der Waals surface area contributed by atoms with Crippen molar-refractivity contribution >= 4 is 17.7 Å². The molecule has 0 saturated carbocycles. The first kappa shape index (κ1) is 24.5. The predicted octanol–water partition coefficient (Wildman–Crippen LogP) is 3.22. The molecule has 1 saturated heterocycles. The molecule has 174 valence electrons. The highest BCUT2D eigenvalue weighted by Gasteiger charge is 2.39. The van der Waals surface area contributed by atoms with Crippen LogP contribution in [0.3, 0.4) is 0 Å². The zero-order chi connectivity index (χ0) is 23.3. The summed E-state index contributed by atoms with van der Waals surface area (Å²) in [4.78, 5) is 25.4. The third-order valence-corrected chi connectivity index (χ3v) is 6.35. The van der Waals surface area contributed by atoms with E-state index in [2.05, 4.69) is 15.3 Å². The normalized spacial score (nSPS) is 19.5. The molecule has 1 aliphatic heterocycles. The minimum absolute atomic E-state index is 0.000511. The average Bonchev–Trinajstić information content (AvgIpc) is 3.09. The molecule has 2 aromatic rings. The number of carbonyl (C=O) groups excluding carboxylic acids is 1. The van der Waals surface area contributed by atoms with Crippen LogP contribution in [-0.2, 0) is 17.5 Å². The second kappa shape index (κ2) is 10.6. The lowest BCUT2D eigenvalue weighted by atomic mass is 10.1. The van der Waals surface area contributed by atoms with Gasteiger partial charge in [-0.3, -0.25) is 9.69 Å².